The van der Waals surface area contributed by atoms with Crippen LogP contribution in [-0.4, -0.2) is 29.9 Å². The van der Waals surface area contributed by atoms with Gasteiger partial charge < -0.3 is 10.6 Å². The van der Waals surface area contributed by atoms with Crippen LogP contribution in [0.2, 0.25) is 0 Å². The van der Waals surface area contributed by atoms with Crippen molar-refractivity contribution in [1.82, 2.24) is 4.90 Å². The van der Waals surface area contributed by atoms with Gasteiger partial charge in [0.25, 0.3) is 0 Å². The van der Waals surface area contributed by atoms with Gasteiger partial charge in [0.15, 0.2) is 0 Å². The summed E-state index contributed by atoms with van der Waals surface area (Å²) in [5.41, 5.74) is 6.74. The van der Waals surface area contributed by atoms with Gasteiger partial charge in [0, 0.05) is 13.1 Å². The lowest BCUT2D eigenvalue weighted by molar-refractivity contribution is -0.142. The monoisotopic (exact) mass is 274 g/mol. The third kappa shape index (κ3) is 1.59. The van der Waals surface area contributed by atoms with Crippen LogP contribution in [0.15, 0.2) is 0 Å². The van der Waals surface area contributed by atoms with Crippen molar-refractivity contribution in [3.05, 3.63) is 0 Å². The van der Waals surface area contributed by atoms with E-state index < -0.39 is 0 Å². The second-order valence-electron chi connectivity index (χ2n) is 8.76. The molecule has 20 heavy (non-hydrogen) atoms. The fourth-order valence-corrected chi connectivity index (χ4v) is 6.60. The number of carbonyl (C=O) groups is 1. The second-order valence-corrected chi connectivity index (χ2v) is 8.76. The summed E-state index contributed by atoms with van der Waals surface area (Å²) < 4.78 is 0. The molecule has 0 aromatic rings. The van der Waals surface area contributed by atoms with Crippen molar-refractivity contribution in [1.29, 1.82) is 0 Å². The molecule has 2 N–H and O–H groups in total. The lowest BCUT2D eigenvalue weighted by Crippen LogP contribution is -2.60. The van der Waals surface area contributed by atoms with E-state index in [1.54, 1.807) is 0 Å². The number of rotatable bonds is 2. The smallest absolute Gasteiger partial charge is 0.240 e. The molecule has 6 fully saturated rings. The Morgan fingerprint density at radius 2 is 1.45 bits per heavy atom. The quantitative estimate of drug-likeness (QED) is 0.837. The van der Waals surface area contributed by atoms with Gasteiger partial charge in [-0.15, -0.1) is 0 Å². The first kappa shape index (κ1) is 12.0. The molecule has 1 aliphatic heterocycles. The Balaban J connectivity index is 1.37. The summed E-state index contributed by atoms with van der Waals surface area (Å²) in [5.74, 6) is 4.58. The summed E-state index contributed by atoms with van der Waals surface area (Å²) in [6, 6.07) is -0.201. The van der Waals surface area contributed by atoms with E-state index in [4.69, 9.17) is 5.73 Å². The zero-order chi connectivity index (χ0) is 13.5. The number of nitrogens with zero attached hydrogens (tertiary/aromatic N) is 1. The summed E-state index contributed by atoms with van der Waals surface area (Å²) in [6.07, 6.45) is 9.36. The van der Waals surface area contributed by atoms with Gasteiger partial charge in [-0.25, -0.2) is 0 Å². The number of nitrogens with two attached hydrogens (primary N) is 1. The van der Waals surface area contributed by atoms with E-state index in [9.17, 15) is 4.79 Å². The number of carbonyl (C=O) groups excluding carboxylic acids is 1. The summed E-state index contributed by atoms with van der Waals surface area (Å²) >= 11 is 0. The molecule has 3 atom stereocenters. The third-order valence-electron chi connectivity index (χ3n) is 7.30. The Labute approximate surface area is 121 Å². The van der Waals surface area contributed by atoms with Crippen LogP contribution in [0.25, 0.3) is 0 Å². The molecule has 0 radical (unpaired) electrons. The second kappa shape index (κ2) is 3.79. The molecular weight excluding hydrogens is 248 g/mol. The van der Waals surface area contributed by atoms with Crippen LogP contribution in [0.5, 0.6) is 0 Å². The molecule has 110 valence electrons. The Hall–Kier alpha value is -0.570. The van der Waals surface area contributed by atoms with Gasteiger partial charge in [-0.05, 0) is 80.0 Å². The third-order valence-corrected chi connectivity index (χ3v) is 7.30. The van der Waals surface area contributed by atoms with Crippen LogP contribution in [0.4, 0.5) is 0 Å². The Morgan fingerprint density at radius 1 is 0.950 bits per heavy atom. The van der Waals surface area contributed by atoms with Gasteiger partial charge in [0.2, 0.25) is 5.91 Å². The lowest BCUT2D eigenvalue weighted by Gasteiger charge is -2.58. The molecule has 5 aliphatic carbocycles. The van der Waals surface area contributed by atoms with E-state index in [-0.39, 0.29) is 11.5 Å². The highest BCUT2D eigenvalue weighted by Crippen LogP contribution is 2.61. The topological polar surface area (TPSA) is 46.3 Å². The number of piperidine rings is 1. The molecule has 3 nitrogen and oxygen atoms in total. The first-order valence-electron chi connectivity index (χ1n) is 8.67. The first-order valence-corrected chi connectivity index (χ1v) is 8.67. The maximum absolute atomic E-state index is 12.8. The van der Waals surface area contributed by atoms with E-state index in [1.807, 2.05) is 0 Å². The van der Waals surface area contributed by atoms with E-state index in [0.717, 1.165) is 42.7 Å². The number of fused-ring (bicyclic) bond motifs is 1. The molecule has 1 saturated heterocycles. The zero-order valence-corrected chi connectivity index (χ0v) is 12.3. The number of hydrogen-bond donors (Lipinski definition) is 1. The molecular formula is C17H26N2O. The molecule has 3 heteroatoms. The van der Waals surface area contributed by atoms with E-state index in [0.29, 0.717) is 5.91 Å². The van der Waals surface area contributed by atoms with Gasteiger partial charge in [-0.3, -0.25) is 4.79 Å². The van der Waals surface area contributed by atoms with Crippen LogP contribution in [0, 0.1) is 35.0 Å². The largest absolute Gasteiger partial charge is 0.341 e. The summed E-state index contributed by atoms with van der Waals surface area (Å²) in [7, 11) is 0. The summed E-state index contributed by atoms with van der Waals surface area (Å²) in [5, 5.41) is 0. The fourth-order valence-electron chi connectivity index (χ4n) is 6.60. The molecule has 1 heterocycles. The number of likely N-dealkylation sites (tertiary alicyclic amines) is 1. The van der Waals surface area contributed by atoms with Gasteiger partial charge >= 0.3 is 0 Å². The minimum atomic E-state index is -0.201. The first-order chi connectivity index (χ1) is 9.63. The van der Waals surface area contributed by atoms with Crippen molar-refractivity contribution in [2.45, 2.75) is 51.0 Å². The average Bonchev–Trinajstić information content (AvgIpc) is 3.02. The highest BCUT2D eigenvalue weighted by Gasteiger charge is 2.56. The molecule has 4 bridgehead atoms. The Kier molecular flexibility index (Phi) is 2.28. The minimum Gasteiger partial charge on any atom is -0.341 e. The van der Waals surface area contributed by atoms with Crippen LogP contribution in [0.3, 0.4) is 0 Å². The SMILES string of the molecule is N[C@H](C(=O)N1CC2CC2C1)C12CC3CC(CC(C3)C1)C2. The predicted molar refractivity (Wildman–Crippen MR) is 76.8 cm³/mol. The van der Waals surface area contributed by atoms with Crippen molar-refractivity contribution >= 4 is 5.91 Å². The Bertz CT molecular complexity index is 415. The van der Waals surface area contributed by atoms with Gasteiger partial charge in [0.05, 0.1) is 6.04 Å². The van der Waals surface area contributed by atoms with Gasteiger partial charge in [-0.1, -0.05) is 0 Å². The predicted octanol–water partition coefficient (Wildman–Crippen LogP) is 2.01. The molecule has 0 spiro atoms. The molecule has 2 unspecified atom stereocenters. The molecule has 6 rings (SSSR count). The highest BCUT2D eigenvalue weighted by molar-refractivity contribution is 5.83. The van der Waals surface area contributed by atoms with Gasteiger partial charge in [0.1, 0.15) is 0 Å². The van der Waals surface area contributed by atoms with Crippen LogP contribution in [0.1, 0.15) is 44.9 Å². The zero-order valence-electron chi connectivity index (χ0n) is 12.3. The average molecular weight is 274 g/mol. The van der Waals surface area contributed by atoms with Crippen LogP contribution in [-0.2, 0) is 4.79 Å². The van der Waals surface area contributed by atoms with Crippen molar-refractivity contribution in [3.63, 3.8) is 0 Å². The number of hydrogen-bond acceptors (Lipinski definition) is 2. The molecule has 6 aliphatic rings. The van der Waals surface area contributed by atoms with Crippen molar-refractivity contribution < 1.29 is 4.79 Å². The fraction of sp³-hybridized carbons (Fsp3) is 0.941. The minimum absolute atomic E-state index is 0.179. The van der Waals surface area contributed by atoms with Crippen molar-refractivity contribution in [3.8, 4) is 0 Å². The highest BCUT2D eigenvalue weighted by atomic mass is 16.2. The number of amides is 1. The Morgan fingerprint density at radius 3 is 1.95 bits per heavy atom. The summed E-state index contributed by atoms with van der Waals surface area (Å²) in [6.45, 7) is 2.01. The van der Waals surface area contributed by atoms with E-state index in [1.165, 1.54) is 44.9 Å². The molecule has 1 amide bonds. The van der Waals surface area contributed by atoms with Crippen LogP contribution < -0.4 is 5.73 Å². The lowest BCUT2D eigenvalue weighted by atomic mass is 9.47. The van der Waals surface area contributed by atoms with Crippen LogP contribution >= 0.6 is 0 Å². The summed E-state index contributed by atoms with van der Waals surface area (Å²) in [4.78, 5) is 14.9. The van der Waals surface area contributed by atoms with Crippen molar-refractivity contribution in [2.75, 3.05) is 13.1 Å². The molecule has 0 aromatic carbocycles. The standard InChI is InChI=1S/C17H26N2O/c18-15(16(20)19-8-13-4-14(13)9-19)17-5-10-1-11(6-17)3-12(2-10)7-17/h10-15H,1-9,18H2/t10?,11?,12?,13?,14?,15-,17?/m1/s1. The maximum Gasteiger partial charge on any atom is 0.240 e. The van der Waals surface area contributed by atoms with E-state index in [2.05, 4.69) is 4.90 Å². The molecule has 5 saturated carbocycles. The van der Waals surface area contributed by atoms with E-state index >= 15 is 0 Å². The molecule has 0 aromatic heterocycles. The maximum atomic E-state index is 12.8. The normalized spacial score (nSPS) is 53.0. The van der Waals surface area contributed by atoms with Gasteiger partial charge in [-0.2, -0.15) is 0 Å². The van der Waals surface area contributed by atoms with Crippen molar-refractivity contribution in [2.24, 2.45) is 40.7 Å².